The highest BCUT2D eigenvalue weighted by atomic mass is 31.2. The number of phosphoric ester groups is 2. The van der Waals surface area contributed by atoms with Crippen LogP contribution in [0.4, 0.5) is 0 Å². The number of carbonyl (C=O) groups excluding carboxylic acids is 4. The first kappa shape index (κ1) is 89.1. The summed E-state index contributed by atoms with van der Waals surface area (Å²) in [6, 6.07) is 0. The number of unbranched alkanes of at least 4 members (excludes halogenated alkanes) is 41. The van der Waals surface area contributed by atoms with Gasteiger partial charge in [-0.2, -0.15) is 0 Å². The highest BCUT2D eigenvalue weighted by Gasteiger charge is 2.30. The minimum atomic E-state index is -4.95. The van der Waals surface area contributed by atoms with Gasteiger partial charge < -0.3 is 33.8 Å². The van der Waals surface area contributed by atoms with Crippen LogP contribution in [0.1, 0.15) is 369 Å². The maximum absolute atomic E-state index is 13.0. The van der Waals surface area contributed by atoms with E-state index in [1.54, 1.807) is 0 Å². The molecule has 0 fully saturated rings. The summed E-state index contributed by atoms with van der Waals surface area (Å²) in [6.45, 7) is 9.47. The molecular weight excluding hydrogens is 1200 g/mol. The average molecular weight is 1340 g/mol. The zero-order valence-electron chi connectivity index (χ0n) is 59.1. The average Bonchev–Trinajstić information content (AvgIpc) is 3.16. The number of ether oxygens (including phenoxy) is 4. The third-order valence-electron chi connectivity index (χ3n) is 16.7. The van der Waals surface area contributed by atoms with Crippen LogP contribution in [0.15, 0.2) is 0 Å². The molecule has 19 heteroatoms. The Morgan fingerprint density at radius 3 is 0.747 bits per heavy atom. The molecule has 2 unspecified atom stereocenters. The van der Waals surface area contributed by atoms with Crippen LogP contribution in [0.5, 0.6) is 0 Å². The quantitative estimate of drug-likeness (QED) is 0.0222. The zero-order chi connectivity index (χ0) is 67.2. The Morgan fingerprint density at radius 1 is 0.297 bits per heavy atom. The molecule has 0 saturated carbocycles. The van der Waals surface area contributed by atoms with Gasteiger partial charge in [-0.15, -0.1) is 0 Å². The highest BCUT2D eigenvalue weighted by molar-refractivity contribution is 7.47. The first-order chi connectivity index (χ1) is 43.9. The Balaban J connectivity index is 5.24. The molecule has 0 amide bonds. The van der Waals surface area contributed by atoms with Crippen molar-refractivity contribution in [3.05, 3.63) is 0 Å². The largest absolute Gasteiger partial charge is 0.472 e. The highest BCUT2D eigenvalue weighted by Crippen LogP contribution is 2.45. The van der Waals surface area contributed by atoms with Gasteiger partial charge in [0.05, 0.1) is 26.4 Å². The fraction of sp³-hybridized carbons (Fsp3) is 0.944. The second kappa shape index (κ2) is 64.1. The standard InChI is InChI=1S/C72H140O17P2/c1-7-9-11-13-15-17-19-21-23-24-26-28-30-37-44-50-56-71(76)88-67(60-82-69(74)54-48-42-36-29-27-25-22-20-18-16-14-12-10-8-2)62-86-90(78,79)84-58-66(73)59-85-91(80,81)87-63-68(61-83-70(75)55-49-43-39-33-35-41-47-53-65(5)6)89-72(77)57-51-45-38-32-31-34-40-46-52-64(3)4/h64-68,73H,7-63H2,1-6H3,(H,78,79)(H,80,81)/t66-,67-,68-/m1/s1. The SMILES string of the molecule is CCCCCCCCCCCCCCCCCCC(=O)O[C@H](COC(=O)CCCCCCCCCCCCCCCC)COP(=O)(O)OC[C@@H](O)COP(=O)(O)OC[C@@H](COC(=O)CCCCCCCCCC(C)C)OC(=O)CCCCCCCCCCC(C)C. The molecule has 0 heterocycles. The van der Waals surface area contributed by atoms with Gasteiger partial charge in [0.1, 0.15) is 19.3 Å². The Morgan fingerprint density at radius 2 is 0.505 bits per heavy atom. The maximum atomic E-state index is 13.0. The summed E-state index contributed by atoms with van der Waals surface area (Å²) in [4.78, 5) is 72.6. The molecule has 0 aromatic heterocycles. The summed E-state index contributed by atoms with van der Waals surface area (Å²) in [5.74, 6) is -0.699. The number of phosphoric acid groups is 2. The van der Waals surface area contributed by atoms with Crippen molar-refractivity contribution >= 4 is 39.5 Å². The third-order valence-corrected chi connectivity index (χ3v) is 18.6. The van der Waals surface area contributed by atoms with Gasteiger partial charge in [-0.05, 0) is 37.5 Å². The van der Waals surface area contributed by atoms with Crippen LogP contribution in [-0.4, -0.2) is 96.7 Å². The van der Waals surface area contributed by atoms with Crippen LogP contribution in [0, 0.1) is 11.8 Å². The predicted molar refractivity (Wildman–Crippen MR) is 368 cm³/mol. The van der Waals surface area contributed by atoms with Crippen molar-refractivity contribution in [1.29, 1.82) is 0 Å². The molecule has 0 aliphatic heterocycles. The van der Waals surface area contributed by atoms with Crippen molar-refractivity contribution in [2.75, 3.05) is 39.6 Å². The van der Waals surface area contributed by atoms with Crippen LogP contribution < -0.4 is 0 Å². The van der Waals surface area contributed by atoms with Gasteiger partial charge in [0.25, 0.3) is 0 Å². The Bertz CT molecular complexity index is 1770. The first-order valence-electron chi connectivity index (χ1n) is 37.5. The molecule has 0 aliphatic rings. The number of hydrogen-bond donors (Lipinski definition) is 3. The Labute approximate surface area is 556 Å². The molecule has 0 bridgehead atoms. The van der Waals surface area contributed by atoms with Crippen molar-refractivity contribution in [3.8, 4) is 0 Å². The monoisotopic (exact) mass is 1340 g/mol. The summed E-state index contributed by atoms with van der Waals surface area (Å²) in [5, 5.41) is 10.6. The van der Waals surface area contributed by atoms with Crippen LogP contribution in [0.25, 0.3) is 0 Å². The topological polar surface area (TPSA) is 237 Å². The molecule has 0 aliphatic carbocycles. The first-order valence-corrected chi connectivity index (χ1v) is 40.5. The smallest absolute Gasteiger partial charge is 0.462 e. The number of carbonyl (C=O) groups is 4. The molecule has 540 valence electrons. The minimum Gasteiger partial charge on any atom is -0.462 e. The van der Waals surface area contributed by atoms with Crippen molar-refractivity contribution in [2.24, 2.45) is 11.8 Å². The molecule has 0 saturated heterocycles. The van der Waals surface area contributed by atoms with E-state index in [2.05, 4.69) is 41.5 Å². The van der Waals surface area contributed by atoms with E-state index in [0.29, 0.717) is 31.6 Å². The normalized spacial score (nSPS) is 14.1. The van der Waals surface area contributed by atoms with Crippen molar-refractivity contribution in [2.45, 2.75) is 387 Å². The number of aliphatic hydroxyl groups is 1. The second-order valence-electron chi connectivity index (χ2n) is 26.9. The van der Waals surface area contributed by atoms with E-state index in [0.717, 1.165) is 102 Å². The van der Waals surface area contributed by atoms with E-state index in [1.165, 1.54) is 180 Å². The number of rotatable bonds is 71. The number of esters is 4. The van der Waals surface area contributed by atoms with Gasteiger partial charge in [-0.25, -0.2) is 9.13 Å². The van der Waals surface area contributed by atoms with Crippen LogP contribution in [0.2, 0.25) is 0 Å². The van der Waals surface area contributed by atoms with E-state index in [9.17, 15) is 43.2 Å². The van der Waals surface area contributed by atoms with Crippen LogP contribution in [-0.2, 0) is 65.4 Å². The van der Waals surface area contributed by atoms with Crippen LogP contribution >= 0.6 is 15.6 Å². The predicted octanol–water partition coefficient (Wildman–Crippen LogP) is 20.8. The second-order valence-corrected chi connectivity index (χ2v) is 29.8. The molecule has 0 aromatic carbocycles. The lowest BCUT2D eigenvalue weighted by atomic mass is 10.0. The minimum absolute atomic E-state index is 0.104. The lowest BCUT2D eigenvalue weighted by Crippen LogP contribution is -2.30. The van der Waals surface area contributed by atoms with Gasteiger partial charge in [-0.1, -0.05) is 318 Å². The molecule has 91 heavy (non-hydrogen) atoms. The number of aliphatic hydroxyl groups excluding tert-OH is 1. The van der Waals surface area contributed by atoms with Gasteiger partial charge >= 0.3 is 39.5 Å². The molecular formula is C72H140O17P2. The molecule has 3 N–H and O–H groups in total. The Hall–Kier alpha value is -1.94. The van der Waals surface area contributed by atoms with Gasteiger partial charge in [-0.3, -0.25) is 37.3 Å². The Kier molecular flexibility index (Phi) is 62.7. The zero-order valence-corrected chi connectivity index (χ0v) is 60.9. The van der Waals surface area contributed by atoms with Crippen molar-refractivity contribution in [3.63, 3.8) is 0 Å². The fourth-order valence-electron chi connectivity index (χ4n) is 10.9. The molecule has 5 atom stereocenters. The van der Waals surface area contributed by atoms with E-state index in [4.69, 9.17) is 37.0 Å². The van der Waals surface area contributed by atoms with Crippen molar-refractivity contribution in [1.82, 2.24) is 0 Å². The lowest BCUT2D eigenvalue weighted by molar-refractivity contribution is -0.161. The lowest BCUT2D eigenvalue weighted by Gasteiger charge is -2.21. The summed E-state index contributed by atoms with van der Waals surface area (Å²) in [5.41, 5.74) is 0. The van der Waals surface area contributed by atoms with Crippen molar-refractivity contribution < 1.29 is 80.2 Å². The molecule has 0 rings (SSSR count). The summed E-state index contributed by atoms with van der Waals surface area (Å²) in [7, 11) is -9.90. The summed E-state index contributed by atoms with van der Waals surface area (Å²) < 4.78 is 68.4. The van der Waals surface area contributed by atoms with Gasteiger partial charge in [0.15, 0.2) is 12.2 Å². The fourth-order valence-corrected chi connectivity index (χ4v) is 12.5. The van der Waals surface area contributed by atoms with E-state index >= 15 is 0 Å². The maximum Gasteiger partial charge on any atom is 0.472 e. The molecule has 0 aromatic rings. The molecule has 17 nitrogen and oxygen atoms in total. The van der Waals surface area contributed by atoms with E-state index in [1.807, 2.05) is 0 Å². The van der Waals surface area contributed by atoms with Crippen LogP contribution in [0.3, 0.4) is 0 Å². The number of hydrogen-bond acceptors (Lipinski definition) is 15. The molecule has 0 radical (unpaired) electrons. The van der Waals surface area contributed by atoms with Gasteiger partial charge in [0, 0.05) is 25.7 Å². The summed E-state index contributed by atoms with van der Waals surface area (Å²) >= 11 is 0. The third kappa shape index (κ3) is 66.5. The summed E-state index contributed by atoms with van der Waals surface area (Å²) in [6.07, 6.45) is 50.0. The van der Waals surface area contributed by atoms with E-state index < -0.39 is 97.5 Å². The van der Waals surface area contributed by atoms with E-state index in [-0.39, 0.29) is 25.7 Å². The van der Waals surface area contributed by atoms with Gasteiger partial charge in [0.2, 0.25) is 0 Å². The molecule has 0 spiro atoms.